The minimum Gasteiger partial charge on any atom is -0.463 e. The van der Waals surface area contributed by atoms with Crippen LogP contribution in [0.4, 0.5) is 0 Å². The van der Waals surface area contributed by atoms with Crippen LogP contribution in [0.2, 0.25) is 0 Å². The number of allylic oxidation sites excluding steroid dienone is 30. The SMILES string of the molecule is CC/C=C\C/C=C\C/C=C\C/C=C\C/C=C\C/C=C\CCCCCCCCCCCCC(=O)OCC(COP(=O)(O)OCC(O)COP(=O)(O)OCC(O)COC(=O)CCCCCCCCCCCCCCCCCCCCC/C=C\C/C=C\C/C=C\C/C=C\C/C=C\CC)OC(=O)CCCCCCCCCCC/C=C\C/C=C\C/C=C\C/C=C\CCCCC. The molecule has 5 unspecified atom stereocenters. The molecule has 716 valence electrons. The molecule has 16 nitrogen and oxygen atoms in total. The van der Waals surface area contributed by atoms with E-state index in [2.05, 4.69) is 203 Å². The van der Waals surface area contributed by atoms with Crippen molar-refractivity contribution in [1.29, 1.82) is 0 Å². The normalized spacial score (nSPS) is 14.5. The molecule has 125 heavy (non-hydrogen) atoms. The molecule has 0 aliphatic heterocycles. The number of hydrogen-bond acceptors (Lipinski definition) is 14. The lowest BCUT2D eigenvalue weighted by molar-refractivity contribution is -0.161. The van der Waals surface area contributed by atoms with Gasteiger partial charge in [-0.3, -0.25) is 32.5 Å². The summed E-state index contributed by atoms with van der Waals surface area (Å²) in [6, 6.07) is 0. The number of aliphatic hydroxyl groups excluding tert-OH is 2. The van der Waals surface area contributed by atoms with Gasteiger partial charge < -0.3 is 34.2 Å². The van der Waals surface area contributed by atoms with E-state index in [4.69, 9.17) is 32.3 Å². The van der Waals surface area contributed by atoms with Crippen LogP contribution in [0.1, 0.15) is 419 Å². The van der Waals surface area contributed by atoms with Crippen molar-refractivity contribution < 1.29 is 75.8 Å². The van der Waals surface area contributed by atoms with Crippen molar-refractivity contribution in [3.05, 3.63) is 182 Å². The lowest BCUT2D eigenvalue weighted by atomic mass is 10.0. The third-order valence-corrected chi connectivity index (χ3v) is 23.0. The second-order valence-electron chi connectivity index (χ2n) is 33.2. The topological polar surface area (TPSA) is 231 Å². The summed E-state index contributed by atoms with van der Waals surface area (Å²) in [5.41, 5.74) is 0. The Hall–Kier alpha value is -5.35. The van der Waals surface area contributed by atoms with Crippen molar-refractivity contribution in [2.45, 2.75) is 437 Å². The predicted octanol–water partition coefficient (Wildman–Crippen LogP) is 31.6. The molecule has 0 spiro atoms. The summed E-state index contributed by atoms with van der Waals surface area (Å²) in [6.45, 7) is 2.48. The van der Waals surface area contributed by atoms with E-state index in [1.54, 1.807) is 0 Å². The van der Waals surface area contributed by atoms with E-state index < -0.39 is 91.5 Å². The van der Waals surface area contributed by atoms with Crippen molar-refractivity contribution >= 4 is 33.6 Å². The molecule has 5 atom stereocenters. The van der Waals surface area contributed by atoms with Crippen molar-refractivity contribution in [3.8, 4) is 0 Å². The number of esters is 3. The molecule has 0 saturated carbocycles. The highest BCUT2D eigenvalue weighted by atomic mass is 31.2. The highest BCUT2D eigenvalue weighted by molar-refractivity contribution is 7.47. The maximum atomic E-state index is 13.1. The number of phosphoric acid groups is 2. The molecule has 0 amide bonds. The van der Waals surface area contributed by atoms with Gasteiger partial charge in [0.15, 0.2) is 6.10 Å². The Labute approximate surface area is 764 Å². The zero-order valence-corrected chi connectivity index (χ0v) is 81.0. The Bertz CT molecular complexity index is 3000. The van der Waals surface area contributed by atoms with Crippen LogP contribution < -0.4 is 0 Å². The van der Waals surface area contributed by atoms with Crippen LogP contribution in [-0.2, 0) is 55.8 Å². The smallest absolute Gasteiger partial charge is 0.463 e. The Balaban J connectivity index is 4.58. The molecular formula is C107H182O16P2. The van der Waals surface area contributed by atoms with Gasteiger partial charge in [-0.05, 0) is 161 Å². The van der Waals surface area contributed by atoms with E-state index in [0.29, 0.717) is 19.3 Å². The highest BCUT2D eigenvalue weighted by Crippen LogP contribution is 2.45. The lowest BCUT2D eigenvalue weighted by Crippen LogP contribution is -2.30. The van der Waals surface area contributed by atoms with Gasteiger partial charge in [0.25, 0.3) is 0 Å². The summed E-state index contributed by atoms with van der Waals surface area (Å²) < 4.78 is 61.6. The number of carbonyl (C=O) groups is 3. The first-order valence-electron chi connectivity index (χ1n) is 50.1. The van der Waals surface area contributed by atoms with Gasteiger partial charge in [-0.15, -0.1) is 0 Å². The lowest BCUT2D eigenvalue weighted by Gasteiger charge is -2.21. The predicted molar refractivity (Wildman–Crippen MR) is 528 cm³/mol. The summed E-state index contributed by atoms with van der Waals surface area (Å²) in [6.07, 6.45) is 129. The Kier molecular flexibility index (Phi) is 93.5. The Morgan fingerprint density at radius 1 is 0.232 bits per heavy atom. The molecule has 0 aliphatic rings. The maximum absolute atomic E-state index is 13.1. The fraction of sp³-hybridized carbons (Fsp3) is 0.692. The third kappa shape index (κ3) is 99.1. The number of hydrogen-bond donors (Lipinski definition) is 4. The number of carbonyl (C=O) groups excluding carboxylic acids is 3. The van der Waals surface area contributed by atoms with E-state index in [-0.39, 0.29) is 19.3 Å². The molecule has 0 bridgehead atoms. The van der Waals surface area contributed by atoms with Gasteiger partial charge in [0.05, 0.1) is 26.4 Å². The molecule has 0 radical (unpaired) electrons. The monoisotopic (exact) mass is 1790 g/mol. The molecular weight excluding hydrogens is 1600 g/mol. The quantitative estimate of drug-likeness (QED) is 0.0146. The summed E-state index contributed by atoms with van der Waals surface area (Å²) in [4.78, 5) is 59.2. The molecule has 0 rings (SSSR count). The molecule has 0 aliphatic carbocycles. The summed E-state index contributed by atoms with van der Waals surface area (Å²) in [7, 11) is -9.82. The first-order valence-corrected chi connectivity index (χ1v) is 53.1. The second-order valence-corrected chi connectivity index (χ2v) is 36.1. The fourth-order valence-corrected chi connectivity index (χ4v) is 15.2. The molecule has 0 saturated heterocycles. The van der Waals surface area contributed by atoms with Gasteiger partial charge in [-0.1, -0.05) is 421 Å². The van der Waals surface area contributed by atoms with Crippen molar-refractivity contribution in [2.24, 2.45) is 0 Å². The number of phosphoric ester groups is 2. The van der Waals surface area contributed by atoms with E-state index in [9.17, 15) is 43.5 Å². The fourth-order valence-electron chi connectivity index (χ4n) is 13.6. The van der Waals surface area contributed by atoms with Gasteiger partial charge in [-0.25, -0.2) is 9.13 Å². The van der Waals surface area contributed by atoms with Crippen LogP contribution in [0.25, 0.3) is 0 Å². The second kappa shape index (κ2) is 97.7. The average molecular weight is 1790 g/mol. The summed E-state index contributed by atoms with van der Waals surface area (Å²) >= 11 is 0. The number of aliphatic hydroxyl groups is 2. The highest BCUT2D eigenvalue weighted by Gasteiger charge is 2.30. The van der Waals surface area contributed by atoms with E-state index in [0.717, 1.165) is 173 Å². The minimum absolute atomic E-state index is 0.0921. The molecule has 0 heterocycles. The molecule has 0 aromatic carbocycles. The maximum Gasteiger partial charge on any atom is 0.472 e. The molecule has 0 aromatic rings. The molecule has 4 N–H and O–H groups in total. The number of unbranched alkanes of at least 4 members (excludes halogenated alkanes) is 41. The Morgan fingerprint density at radius 3 is 0.672 bits per heavy atom. The van der Waals surface area contributed by atoms with E-state index in [1.165, 1.54) is 186 Å². The van der Waals surface area contributed by atoms with Gasteiger partial charge in [0.1, 0.15) is 25.4 Å². The van der Waals surface area contributed by atoms with Crippen molar-refractivity contribution in [1.82, 2.24) is 0 Å². The van der Waals surface area contributed by atoms with Crippen LogP contribution in [0.5, 0.6) is 0 Å². The van der Waals surface area contributed by atoms with Crippen LogP contribution in [0.15, 0.2) is 182 Å². The minimum atomic E-state index is -4.95. The third-order valence-electron chi connectivity index (χ3n) is 21.1. The molecule has 0 fully saturated rings. The largest absolute Gasteiger partial charge is 0.472 e. The van der Waals surface area contributed by atoms with E-state index >= 15 is 0 Å². The number of rotatable bonds is 94. The van der Waals surface area contributed by atoms with Crippen LogP contribution in [0, 0.1) is 0 Å². The van der Waals surface area contributed by atoms with Crippen molar-refractivity contribution in [3.63, 3.8) is 0 Å². The molecule has 0 aromatic heterocycles. The zero-order valence-electron chi connectivity index (χ0n) is 79.2. The van der Waals surface area contributed by atoms with Gasteiger partial charge in [0.2, 0.25) is 0 Å². The van der Waals surface area contributed by atoms with Gasteiger partial charge in [-0.2, -0.15) is 0 Å². The summed E-state index contributed by atoms with van der Waals surface area (Å²) in [5, 5.41) is 20.8. The zero-order chi connectivity index (χ0) is 90.7. The Morgan fingerprint density at radius 2 is 0.424 bits per heavy atom. The van der Waals surface area contributed by atoms with E-state index in [1.807, 2.05) is 0 Å². The van der Waals surface area contributed by atoms with Gasteiger partial charge >= 0.3 is 33.6 Å². The molecule has 18 heteroatoms. The first-order chi connectivity index (χ1) is 61.2. The van der Waals surface area contributed by atoms with Crippen LogP contribution in [-0.4, -0.2) is 95.9 Å². The van der Waals surface area contributed by atoms with Gasteiger partial charge in [0, 0.05) is 19.3 Å². The summed E-state index contributed by atoms with van der Waals surface area (Å²) in [5.74, 6) is -1.58. The standard InChI is InChI=1S/C107H182O16P2/c1-4-7-10-13-16-19-22-25-28-31-34-37-40-43-45-47-48-49-50-51-52-54-56-58-60-63-66-69-72-75-78-81-84-87-90-93-105(110)117-96-102(108)97-119-124(113,114)120-98-103(109)99-121-125(115,116)122-101-104(123-107(112)95-92-89-86-83-80-77-74-71-68-65-62-57-42-39-36-33-30-27-24-21-18-15-12-9-6-3)100-118-106(111)94-91-88-85-82-79-76-73-70-67-64-61-59-55-53-46-44-41-38-35-32-29-26-23-20-17-14-11-8-5-2/h7-8,10-11,16-21,25-30,34-39,43-46,55,57,59,62,102-104,108-109H,4-6,9,12-15,22-24,31-33,40-42,47-54,56,58,60-61,63-101H2,1-3H3,(H,113,114)(H,115,116)/b10-7-,11-8-,19-16-,20-17-,21-18-,28-25-,29-26-,30-27-,37-34-,38-35-,39-36-,45-43-,46-44-,59-55-,62-57-. The number of ether oxygens (including phenoxy) is 3. The van der Waals surface area contributed by atoms with Crippen LogP contribution in [0.3, 0.4) is 0 Å². The van der Waals surface area contributed by atoms with Crippen molar-refractivity contribution in [2.75, 3.05) is 39.6 Å². The average Bonchev–Trinajstić information content (AvgIpc) is 0.909. The van der Waals surface area contributed by atoms with Crippen LogP contribution >= 0.6 is 15.6 Å². The first kappa shape index (κ1) is 120.